The summed E-state index contributed by atoms with van der Waals surface area (Å²) in [5, 5.41) is 1.95. The minimum atomic E-state index is -0.653. The number of carbonyl (C=O) groups excluding carboxylic acids is 2. The summed E-state index contributed by atoms with van der Waals surface area (Å²) in [5.41, 5.74) is 0.0917. The van der Waals surface area contributed by atoms with E-state index in [1.807, 2.05) is 30.3 Å². The van der Waals surface area contributed by atoms with Gasteiger partial charge < -0.3 is 9.47 Å². The van der Waals surface area contributed by atoms with Gasteiger partial charge in [0.15, 0.2) is 0 Å². The Bertz CT molecular complexity index is 984. The highest BCUT2D eigenvalue weighted by molar-refractivity contribution is 9.10. The Hall–Kier alpha value is -2.73. The van der Waals surface area contributed by atoms with Crippen molar-refractivity contribution in [3.05, 3.63) is 70.5 Å². The molecule has 0 fully saturated rings. The third-order valence-corrected chi connectivity index (χ3v) is 4.36. The first-order chi connectivity index (χ1) is 12.5. The molecule has 0 atom stereocenters. The van der Waals surface area contributed by atoms with Crippen LogP contribution in [0.5, 0.6) is 5.75 Å². The molecule has 0 saturated carbocycles. The molecule has 0 spiro atoms. The molecule has 1 aromatic heterocycles. The molecule has 3 rings (SSSR count). The molecule has 0 aliphatic rings. The van der Waals surface area contributed by atoms with Crippen molar-refractivity contribution in [2.45, 2.75) is 20.0 Å². The van der Waals surface area contributed by atoms with Crippen LogP contribution in [0.15, 0.2) is 59.1 Å². The number of hydrogen-bond acceptors (Lipinski definition) is 5. The summed E-state index contributed by atoms with van der Waals surface area (Å²) >= 11 is 3.48. The SMILES string of the molecule is CC(C)OC(=O)c1cccc(C(=O)Oc2ccc3ccccc3c2Br)n1. The first-order valence-electron chi connectivity index (χ1n) is 8.03. The minimum Gasteiger partial charge on any atom is -0.458 e. The van der Waals surface area contributed by atoms with E-state index >= 15 is 0 Å². The summed E-state index contributed by atoms with van der Waals surface area (Å²) in [5.74, 6) is -0.854. The lowest BCUT2D eigenvalue weighted by Gasteiger charge is -2.10. The molecule has 2 aromatic carbocycles. The van der Waals surface area contributed by atoms with E-state index in [2.05, 4.69) is 20.9 Å². The Morgan fingerprint density at radius 2 is 1.62 bits per heavy atom. The zero-order chi connectivity index (χ0) is 18.7. The van der Waals surface area contributed by atoms with Crippen molar-refractivity contribution < 1.29 is 19.1 Å². The van der Waals surface area contributed by atoms with Gasteiger partial charge in [0.2, 0.25) is 0 Å². The number of ether oxygens (including phenoxy) is 2. The van der Waals surface area contributed by atoms with Gasteiger partial charge in [-0.15, -0.1) is 0 Å². The van der Waals surface area contributed by atoms with Gasteiger partial charge in [-0.2, -0.15) is 0 Å². The van der Waals surface area contributed by atoms with Gasteiger partial charge in [0.1, 0.15) is 17.1 Å². The summed E-state index contributed by atoms with van der Waals surface area (Å²) in [6.45, 7) is 3.49. The predicted molar refractivity (Wildman–Crippen MR) is 101 cm³/mol. The summed E-state index contributed by atoms with van der Waals surface area (Å²) in [4.78, 5) is 28.4. The number of aromatic nitrogens is 1. The summed E-state index contributed by atoms with van der Waals surface area (Å²) in [7, 11) is 0. The second-order valence-electron chi connectivity index (χ2n) is 5.85. The van der Waals surface area contributed by atoms with E-state index in [-0.39, 0.29) is 17.5 Å². The smallest absolute Gasteiger partial charge is 0.362 e. The lowest BCUT2D eigenvalue weighted by molar-refractivity contribution is 0.0370. The topological polar surface area (TPSA) is 65.5 Å². The normalized spacial score (nSPS) is 10.8. The maximum atomic E-state index is 12.4. The van der Waals surface area contributed by atoms with Crippen LogP contribution >= 0.6 is 15.9 Å². The molecular formula is C20H16BrNO4. The van der Waals surface area contributed by atoms with Crippen molar-refractivity contribution in [1.29, 1.82) is 0 Å². The van der Waals surface area contributed by atoms with E-state index in [1.165, 1.54) is 12.1 Å². The Balaban J connectivity index is 1.85. The van der Waals surface area contributed by atoms with Gasteiger partial charge in [-0.05, 0) is 58.7 Å². The van der Waals surface area contributed by atoms with E-state index in [9.17, 15) is 9.59 Å². The number of rotatable bonds is 4. The van der Waals surface area contributed by atoms with E-state index in [4.69, 9.17) is 9.47 Å². The second kappa shape index (κ2) is 7.66. The Morgan fingerprint density at radius 3 is 2.35 bits per heavy atom. The largest absolute Gasteiger partial charge is 0.458 e. The molecule has 6 heteroatoms. The van der Waals surface area contributed by atoms with Gasteiger partial charge in [0, 0.05) is 0 Å². The number of nitrogens with zero attached hydrogens (tertiary/aromatic N) is 1. The van der Waals surface area contributed by atoms with Crippen LogP contribution in [0.1, 0.15) is 34.8 Å². The van der Waals surface area contributed by atoms with Crippen molar-refractivity contribution in [1.82, 2.24) is 4.98 Å². The van der Waals surface area contributed by atoms with E-state index < -0.39 is 11.9 Å². The second-order valence-corrected chi connectivity index (χ2v) is 6.64. The van der Waals surface area contributed by atoms with Crippen molar-refractivity contribution in [3.63, 3.8) is 0 Å². The lowest BCUT2D eigenvalue weighted by atomic mass is 10.1. The number of hydrogen-bond donors (Lipinski definition) is 0. The zero-order valence-corrected chi connectivity index (χ0v) is 15.8. The number of fused-ring (bicyclic) bond motifs is 1. The van der Waals surface area contributed by atoms with Gasteiger partial charge in [0.05, 0.1) is 10.6 Å². The van der Waals surface area contributed by atoms with Crippen LogP contribution in [0.3, 0.4) is 0 Å². The number of pyridine rings is 1. The quantitative estimate of drug-likeness (QED) is 0.454. The molecule has 3 aromatic rings. The molecule has 0 aliphatic heterocycles. The highest BCUT2D eigenvalue weighted by atomic mass is 79.9. The highest BCUT2D eigenvalue weighted by Crippen LogP contribution is 2.33. The molecular weight excluding hydrogens is 398 g/mol. The molecule has 0 radical (unpaired) electrons. The summed E-state index contributed by atoms with van der Waals surface area (Å²) < 4.78 is 11.2. The first-order valence-corrected chi connectivity index (χ1v) is 8.82. The Kier molecular flexibility index (Phi) is 5.32. The number of benzene rings is 2. The molecule has 26 heavy (non-hydrogen) atoms. The number of carbonyl (C=O) groups is 2. The van der Waals surface area contributed by atoms with Crippen molar-refractivity contribution in [2.24, 2.45) is 0 Å². The fraction of sp³-hybridized carbons (Fsp3) is 0.150. The van der Waals surface area contributed by atoms with Gasteiger partial charge in [0.25, 0.3) is 0 Å². The first kappa shape index (κ1) is 18.1. The Labute approximate surface area is 159 Å². The van der Waals surface area contributed by atoms with E-state index in [1.54, 1.807) is 26.0 Å². The molecule has 132 valence electrons. The van der Waals surface area contributed by atoms with E-state index in [0.717, 1.165) is 10.8 Å². The number of esters is 2. The molecule has 5 nitrogen and oxygen atoms in total. The molecule has 0 bridgehead atoms. The summed E-state index contributed by atoms with van der Waals surface area (Å²) in [6, 6.07) is 15.9. The maximum absolute atomic E-state index is 12.4. The summed E-state index contributed by atoms with van der Waals surface area (Å²) in [6.07, 6.45) is -0.270. The van der Waals surface area contributed by atoms with Gasteiger partial charge >= 0.3 is 11.9 Å². The highest BCUT2D eigenvalue weighted by Gasteiger charge is 2.17. The van der Waals surface area contributed by atoms with Crippen LogP contribution in [0, 0.1) is 0 Å². The number of halogens is 1. The van der Waals surface area contributed by atoms with Crippen LogP contribution in [0.25, 0.3) is 10.8 Å². The van der Waals surface area contributed by atoms with Gasteiger partial charge in [-0.1, -0.05) is 36.4 Å². The van der Waals surface area contributed by atoms with Crippen LogP contribution in [0.2, 0.25) is 0 Å². The third-order valence-electron chi connectivity index (χ3n) is 3.54. The average Bonchev–Trinajstić information content (AvgIpc) is 2.63. The fourth-order valence-electron chi connectivity index (χ4n) is 2.38. The molecule has 0 aliphatic carbocycles. The monoisotopic (exact) mass is 413 g/mol. The zero-order valence-electron chi connectivity index (χ0n) is 14.2. The van der Waals surface area contributed by atoms with E-state index in [0.29, 0.717) is 10.2 Å². The van der Waals surface area contributed by atoms with Crippen LogP contribution < -0.4 is 4.74 Å². The van der Waals surface area contributed by atoms with Crippen LogP contribution in [-0.2, 0) is 4.74 Å². The Morgan fingerprint density at radius 1 is 0.923 bits per heavy atom. The van der Waals surface area contributed by atoms with Crippen molar-refractivity contribution in [3.8, 4) is 5.75 Å². The predicted octanol–water partition coefficient (Wildman–Crippen LogP) is 4.78. The third kappa shape index (κ3) is 3.91. The lowest BCUT2D eigenvalue weighted by Crippen LogP contribution is -2.16. The molecule has 0 N–H and O–H groups in total. The van der Waals surface area contributed by atoms with Gasteiger partial charge in [-0.25, -0.2) is 14.6 Å². The van der Waals surface area contributed by atoms with Crippen molar-refractivity contribution >= 4 is 38.6 Å². The fourth-order valence-corrected chi connectivity index (χ4v) is 2.96. The molecule has 0 unspecified atom stereocenters. The molecule has 0 amide bonds. The van der Waals surface area contributed by atoms with Crippen LogP contribution in [0.4, 0.5) is 0 Å². The maximum Gasteiger partial charge on any atom is 0.362 e. The molecule has 1 heterocycles. The standard InChI is InChI=1S/C20H16BrNO4/c1-12(2)25-19(23)15-8-5-9-16(22-15)20(24)26-17-11-10-13-6-3-4-7-14(13)18(17)21/h3-12H,1-2H3. The molecule has 0 saturated heterocycles. The van der Waals surface area contributed by atoms with Gasteiger partial charge in [-0.3, -0.25) is 0 Å². The minimum absolute atomic E-state index is 0.0308. The van der Waals surface area contributed by atoms with Crippen LogP contribution in [-0.4, -0.2) is 23.0 Å². The average molecular weight is 414 g/mol. The van der Waals surface area contributed by atoms with Crippen molar-refractivity contribution in [2.75, 3.05) is 0 Å².